The van der Waals surface area contributed by atoms with E-state index in [9.17, 15) is 19.1 Å². The van der Waals surface area contributed by atoms with Gasteiger partial charge in [-0.05, 0) is 43.8 Å². The Morgan fingerprint density at radius 2 is 1.63 bits per heavy atom. The van der Waals surface area contributed by atoms with E-state index in [1.807, 2.05) is 46.1 Å². The van der Waals surface area contributed by atoms with Crippen molar-refractivity contribution in [2.45, 2.75) is 46.2 Å². The molecule has 3 aromatic rings. The molecule has 1 heterocycles. The summed E-state index contributed by atoms with van der Waals surface area (Å²) in [6.07, 6.45) is 1.29. The predicted molar refractivity (Wildman–Crippen MR) is 138 cm³/mol. The van der Waals surface area contributed by atoms with E-state index in [1.165, 1.54) is 29.2 Å². The van der Waals surface area contributed by atoms with Gasteiger partial charge in [0.25, 0.3) is 5.56 Å². The van der Waals surface area contributed by atoms with E-state index >= 15 is 0 Å². The van der Waals surface area contributed by atoms with Crippen LogP contribution in [0.15, 0.2) is 59.4 Å². The standard InChI is InChI=1S/C18H23N3O3.C7H8FN.C2H6/c1-12(22)16-17(23)18(24)21(4)15(19-16)11-14(20(2)3)10-13-8-6-5-7-9-13;8-7-3-1-6(5-9)2-4-7;1-2/h5-9,14,23H,10-11H2,1-4H3;1-4H,5,9H2;1-2H3. The molecule has 0 amide bonds. The second kappa shape index (κ2) is 14.8. The van der Waals surface area contributed by atoms with Crippen LogP contribution >= 0.6 is 0 Å². The number of carbonyl (C=O) groups excluding carboxylic acids is 1. The van der Waals surface area contributed by atoms with E-state index in [1.54, 1.807) is 19.2 Å². The molecule has 3 N–H and O–H groups in total. The molecule has 2 aromatic carbocycles. The number of benzene rings is 2. The van der Waals surface area contributed by atoms with E-state index in [0.29, 0.717) is 18.8 Å². The lowest BCUT2D eigenvalue weighted by Crippen LogP contribution is -2.35. The van der Waals surface area contributed by atoms with E-state index in [4.69, 9.17) is 5.73 Å². The molecule has 0 aliphatic heterocycles. The van der Waals surface area contributed by atoms with Crippen molar-refractivity contribution in [3.05, 3.63) is 93.4 Å². The van der Waals surface area contributed by atoms with Crippen molar-refractivity contribution in [1.29, 1.82) is 0 Å². The highest BCUT2D eigenvalue weighted by Gasteiger charge is 2.21. The number of hydrogen-bond donors (Lipinski definition) is 2. The van der Waals surface area contributed by atoms with Gasteiger partial charge in [0, 0.05) is 33.0 Å². The molecule has 0 aliphatic rings. The molecule has 0 radical (unpaired) electrons. The van der Waals surface area contributed by atoms with Gasteiger partial charge in [-0.2, -0.15) is 0 Å². The molecule has 0 saturated carbocycles. The predicted octanol–water partition coefficient (Wildman–Crippen LogP) is 3.71. The van der Waals surface area contributed by atoms with Crippen molar-refractivity contribution < 1.29 is 14.3 Å². The lowest BCUT2D eigenvalue weighted by molar-refractivity contribution is 0.100. The van der Waals surface area contributed by atoms with Gasteiger partial charge in [0.05, 0.1) is 0 Å². The maximum atomic E-state index is 12.2. The molecular formula is C27H37FN4O3. The number of nitrogens with two attached hydrogens (primary N) is 1. The van der Waals surface area contributed by atoms with Gasteiger partial charge in [0.15, 0.2) is 11.5 Å². The average molecular weight is 485 g/mol. The number of hydrogen-bond acceptors (Lipinski definition) is 6. The van der Waals surface area contributed by atoms with Crippen molar-refractivity contribution in [2.75, 3.05) is 14.1 Å². The number of likely N-dealkylation sites (N-methyl/N-ethyl adjacent to an activating group) is 1. The average Bonchev–Trinajstić information content (AvgIpc) is 2.86. The minimum atomic E-state index is -0.595. The Morgan fingerprint density at radius 3 is 2.11 bits per heavy atom. The first-order valence-corrected chi connectivity index (χ1v) is 11.6. The topological polar surface area (TPSA) is 101 Å². The molecule has 0 fully saturated rings. The molecule has 0 spiro atoms. The second-order valence-corrected chi connectivity index (χ2v) is 7.99. The summed E-state index contributed by atoms with van der Waals surface area (Å²) in [6, 6.07) is 16.3. The quantitative estimate of drug-likeness (QED) is 0.496. The summed E-state index contributed by atoms with van der Waals surface area (Å²) in [5.41, 5.74) is 6.66. The largest absolute Gasteiger partial charge is 0.501 e. The second-order valence-electron chi connectivity index (χ2n) is 7.99. The summed E-state index contributed by atoms with van der Waals surface area (Å²) in [4.78, 5) is 30.0. The normalized spacial score (nSPS) is 11.1. The van der Waals surface area contributed by atoms with E-state index < -0.39 is 17.1 Å². The number of Topliss-reactive ketones (excluding diaryl/α,β-unsaturated/α-hetero) is 1. The summed E-state index contributed by atoms with van der Waals surface area (Å²) in [6.45, 7) is 5.76. The van der Waals surface area contributed by atoms with Gasteiger partial charge in [-0.25, -0.2) is 9.37 Å². The zero-order chi connectivity index (χ0) is 26.5. The molecule has 1 aromatic heterocycles. The first kappa shape index (κ1) is 29.7. The van der Waals surface area contributed by atoms with Crippen molar-refractivity contribution in [2.24, 2.45) is 12.8 Å². The summed E-state index contributed by atoms with van der Waals surface area (Å²) in [5, 5.41) is 9.82. The summed E-state index contributed by atoms with van der Waals surface area (Å²) in [7, 11) is 5.50. The Hall–Kier alpha value is -3.36. The van der Waals surface area contributed by atoms with E-state index in [2.05, 4.69) is 22.0 Å². The van der Waals surface area contributed by atoms with Crippen LogP contribution in [-0.4, -0.2) is 45.5 Å². The Morgan fingerprint density at radius 1 is 1.06 bits per heavy atom. The van der Waals surface area contributed by atoms with Crippen LogP contribution in [-0.2, 0) is 26.4 Å². The lowest BCUT2D eigenvalue weighted by atomic mass is 10.0. The zero-order valence-electron chi connectivity index (χ0n) is 21.5. The highest BCUT2D eigenvalue weighted by molar-refractivity contribution is 5.94. The number of aromatic nitrogens is 2. The summed E-state index contributed by atoms with van der Waals surface area (Å²) in [5.74, 6) is -0.737. The zero-order valence-corrected chi connectivity index (χ0v) is 21.5. The highest BCUT2D eigenvalue weighted by atomic mass is 19.1. The van der Waals surface area contributed by atoms with Crippen LogP contribution < -0.4 is 11.3 Å². The minimum absolute atomic E-state index is 0.106. The summed E-state index contributed by atoms with van der Waals surface area (Å²) < 4.78 is 13.5. The van der Waals surface area contributed by atoms with Gasteiger partial charge >= 0.3 is 0 Å². The number of rotatable bonds is 7. The van der Waals surface area contributed by atoms with Crippen molar-refractivity contribution in [3.63, 3.8) is 0 Å². The lowest BCUT2D eigenvalue weighted by Gasteiger charge is -2.25. The van der Waals surface area contributed by atoms with Crippen molar-refractivity contribution in [3.8, 4) is 5.75 Å². The number of ketones is 1. The molecule has 0 aliphatic carbocycles. The number of aromatic hydroxyl groups is 1. The van der Waals surface area contributed by atoms with Crippen LogP contribution in [0.3, 0.4) is 0 Å². The van der Waals surface area contributed by atoms with Crippen LogP contribution in [0, 0.1) is 5.82 Å². The smallest absolute Gasteiger partial charge is 0.296 e. The third-order valence-electron chi connectivity index (χ3n) is 5.30. The SMILES string of the molecule is CC.CC(=O)c1nc(CC(Cc2ccccc2)N(C)C)n(C)c(=O)c1O.NCc1ccc(F)cc1. The fourth-order valence-electron chi connectivity index (χ4n) is 3.22. The van der Waals surface area contributed by atoms with Crippen molar-refractivity contribution in [1.82, 2.24) is 14.5 Å². The first-order valence-electron chi connectivity index (χ1n) is 11.6. The Bertz CT molecular complexity index is 1110. The number of halogens is 1. The third-order valence-corrected chi connectivity index (χ3v) is 5.30. The molecule has 7 nitrogen and oxygen atoms in total. The van der Waals surface area contributed by atoms with Gasteiger partial charge in [0.1, 0.15) is 11.6 Å². The van der Waals surface area contributed by atoms with Gasteiger partial charge in [-0.3, -0.25) is 14.2 Å². The van der Waals surface area contributed by atoms with Gasteiger partial charge in [0.2, 0.25) is 5.75 Å². The van der Waals surface area contributed by atoms with Crippen LogP contribution in [0.5, 0.6) is 5.75 Å². The monoisotopic (exact) mass is 484 g/mol. The molecule has 35 heavy (non-hydrogen) atoms. The van der Waals surface area contributed by atoms with Crippen LogP contribution in [0.2, 0.25) is 0 Å². The van der Waals surface area contributed by atoms with Crippen molar-refractivity contribution >= 4 is 5.78 Å². The highest BCUT2D eigenvalue weighted by Crippen LogP contribution is 2.14. The number of carbonyl (C=O) groups is 1. The molecule has 1 unspecified atom stereocenters. The molecule has 0 saturated heterocycles. The Balaban J connectivity index is 0.000000464. The summed E-state index contributed by atoms with van der Waals surface area (Å²) >= 11 is 0. The maximum absolute atomic E-state index is 12.2. The molecule has 0 bridgehead atoms. The van der Waals surface area contributed by atoms with Gasteiger partial charge < -0.3 is 15.7 Å². The third kappa shape index (κ3) is 9.07. The van der Waals surface area contributed by atoms with E-state index in [0.717, 1.165) is 12.0 Å². The number of nitrogens with zero attached hydrogens (tertiary/aromatic N) is 3. The first-order chi connectivity index (χ1) is 16.6. The van der Waals surface area contributed by atoms with Crippen LogP contribution in [0.4, 0.5) is 4.39 Å². The van der Waals surface area contributed by atoms with Gasteiger partial charge in [-0.15, -0.1) is 0 Å². The molecular weight excluding hydrogens is 447 g/mol. The molecule has 190 valence electrons. The van der Waals surface area contributed by atoms with E-state index in [-0.39, 0.29) is 17.6 Å². The molecule has 8 heteroatoms. The van der Waals surface area contributed by atoms with Gasteiger partial charge in [-0.1, -0.05) is 56.3 Å². The fraction of sp³-hybridized carbons (Fsp3) is 0.370. The molecule has 3 rings (SSSR count). The van der Waals surface area contributed by atoms with Crippen LogP contribution in [0.1, 0.15) is 48.2 Å². The van der Waals surface area contributed by atoms with Crippen LogP contribution in [0.25, 0.3) is 0 Å². The molecule has 1 atom stereocenters. The fourth-order valence-corrected chi connectivity index (χ4v) is 3.22. The Labute approximate surface area is 207 Å². The maximum Gasteiger partial charge on any atom is 0.296 e. The minimum Gasteiger partial charge on any atom is -0.501 e. The Kier molecular flexibility index (Phi) is 12.6.